The van der Waals surface area contributed by atoms with Crippen molar-refractivity contribution >= 4 is 27.9 Å². The summed E-state index contributed by atoms with van der Waals surface area (Å²) in [4.78, 5) is 15.2. The molecule has 0 amide bonds. The topological polar surface area (TPSA) is 126 Å². The Balaban J connectivity index is 1.54. The molecule has 3 N–H and O–H groups in total. The highest BCUT2D eigenvalue weighted by atomic mass is 32.2. The van der Waals surface area contributed by atoms with Crippen LogP contribution in [0.5, 0.6) is 5.75 Å². The first kappa shape index (κ1) is 24.9. The van der Waals surface area contributed by atoms with E-state index >= 15 is 0 Å². The number of hydrogen-bond acceptors (Lipinski definition) is 6. The molecule has 0 aliphatic rings. The first-order valence-electron chi connectivity index (χ1n) is 10.7. The van der Waals surface area contributed by atoms with E-state index in [1.165, 1.54) is 12.1 Å². The number of benzene rings is 2. The number of sulfonamides is 1. The molecule has 0 saturated carbocycles. The van der Waals surface area contributed by atoms with Gasteiger partial charge in [0.15, 0.2) is 0 Å². The van der Waals surface area contributed by atoms with Gasteiger partial charge in [0.25, 0.3) is 10.0 Å². The molecule has 0 saturated heterocycles. The predicted molar refractivity (Wildman–Crippen MR) is 129 cm³/mol. The van der Waals surface area contributed by atoms with Crippen LogP contribution in [0.15, 0.2) is 83.8 Å². The number of nitrogens with zero attached hydrogens (tertiary/aromatic N) is 1. The largest absolute Gasteiger partial charge is 0.493 e. The fraction of sp³-hybridized carbons (Fsp3) is 0.200. The zero-order valence-corrected chi connectivity index (χ0v) is 19.2. The smallest absolute Gasteiger partial charge is 0.303 e. The minimum Gasteiger partial charge on any atom is -0.493 e. The molecule has 0 unspecified atom stereocenters. The molecule has 3 rings (SSSR count). The molecule has 0 fully saturated rings. The van der Waals surface area contributed by atoms with Gasteiger partial charge in [0.05, 0.1) is 23.3 Å². The number of ether oxygens (including phenoxy) is 1. The minimum atomic E-state index is -3.75. The van der Waals surface area contributed by atoms with Gasteiger partial charge in [-0.1, -0.05) is 48.5 Å². The zero-order chi connectivity index (χ0) is 24.4. The number of aryl methyl sites for hydroxylation is 1. The maximum atomic E-state index is 12.5. The molecule has 0 radical (unpaired) electrons. The van der Waals surface area contributed by atoms with Crippen LogP contribution in [0.2, 0.25) is 0 Å². The molecule has 2 aromatic carbocycles. The second-order valence-electron chi connectivity index (χ2n) is 7.43. The second-order valence-corrected chi connectivity index (χ2v) is 9.11. The maximum absolute atomic E-state index is 12.5. The average Bonchev–Trinajstić information content (AvgIpc) is 2.82. The number of carbonyl (C=O) groups is 1. The minimum absolute atomic E-state index is 0.0132. The van der Waals surface area contributed by atoms with Crippen molar-refractivity contribution in [2.24, 2.45) is 0 Å². The van der Waals surface area contributed by atoms with E-state index in [4.69, 9.17) is 9.84 Å². The molecule has 1 aromatic heterocycles. The lowest BCUT2D eigenvalue weighted by atomic mass is 10.1. The molecule has 178 valence electrons. The van der Waals surface area contributed by atoms with Crippen LogP contribution in [0.1, 0.15) is 24.1 Å². The maximum Gasteiger partial charge on any atom is 0.303 e. The van der Waals surface area contributed by atoms with Gasteiger partial charge in [-0.25, -0.2) is 13.4 Å². The third-order valence-corrected chi connectivity index (χ3v) is 6.17. The van der Waals surface area contributed by atoms with Crippen molar-refractivity contribution in [2.75, 3.05) is 11.3 Å². The fourth-order valence-corrected chi connectivity index (χ4v) is 4.11. The van der Waals surface area contributed by atoms with Crippen molar-refractivity contribution in [1.82, 2.24) is 4.98 Å². The molecule has 9 heteroatoms. The Labute approximate surface area is 198 Å². The van der Waals surface area contributed by atoms with Crippen LogP contribution in [0.4, 0.5) is 5.82 Å². The number of hydrogen-bond donors (Lipinski definition) is 3. The number of aliphatic hydroxyl groups excluding tert-OH is 1. The standard InChI is InChI=1S/C25H26N2O6S/c28-21(17-18-33-23-11-5-4-7-19(23)13-16-25(29)30)15-14-20-8-6-12-24(26-20)27-34(31,32)22-9-2-1-3-10-22/h1-12,14-15,21,28H,13,16-18H2,(H,26,27)(H,29,30)/b15-14+/t21-/m0/s1. The summed E-state index contributed by atoms with van der Waals surface area (Å²) < 4.78 is 33.1. The number of carboxylic acid groups (broad SMARTS) is 1. The summed E-state index contributed by atoms with van der Waals surface area (Å²) in [5.74, 6) is -0.109. The predicted octanol–water partition coefficient (Wildman–Crippen LogP) is 3.74. The first-order chi connectivity index (χ1) is 16.3. The zero-order valence-electron chi connectivity index (χ0n) is 18.4. The van der Waals surface area contributed by atoms with Crippen LogP contribution in [0.3, 0.4) is 0 Å². The third-order valence-electron chi connectivity index (χ3n) is 4.80. The molecular weight excluding hydrogens is 456 g/mol. The molecule has 1 atom stereocenters. The molecular formula is C25H26N2O6S. The Hall–Kier alpha value is -3.69. The Morgan fingerprint density at radius 3 is 2.53 bits per heavy atom. The molecule has 0 bridgehead atoms. The van der Waals surface area contributed by atoms with Crippen LogP contribution in [0.25, 0.3) is 6.08 Å². The van der Waals surface area contributed by atoms with Gasteiger partial charge >= 0.3 is 5.97 Å². The Bertz CT molecular complexity index is 1230. The molecule has 1 heterocycles. The highest BCUT2D eigenvalue weighted by Crippen LogP contribution is 2.20. The van der Waals surface area contributed by atoms with Gasteiger partial charge in [0, 0.05) is 12.8 Å². The Morgan fingerprint density at radius 2 is 1.76 bits per heavy atom. The molecule has 8 nitrogen and oxygen atoms in total. The molecule has 34 heavy (non-hydrogen) atoms. The van der Waals surface area contributed by atoms with Crippen molar-refractivity contribution in [1.29, 1.82) is 0 Å². The Morgan fingerprint density at radius 1 is 1.03 bits per heavy atom. The van der Waals surface area contributed by atoms with Crippen LogP contribution >= 0.6 is 0 Å². The van der Waals surface area contributed by atoms with Gasteiger partial charge < -0.3 is 14.9 Å². The quantitative estimate of drug-likeness (QED) is 0.359. The van der Waals surface area contributed by atoms with Crippen molar-refractivity contribution < 1.29 is 28.2 Å². The number of rotatable bonds is 12. The lowest BCUT2D eigenvalue weighted by Crippen LogP contribution is -2.14. The van der Waals surface area contributed by atoms with Crippen LogP contribution in [0, 0.1) is 0 Å². The normalized spacial score (nSPS) is 12.4. The third kappa shape index (κ3) is 7.72. The number of aliphatic carboxylic acids is 1. The average molecular weight is 483 g/mol. The van der Waals surface area contributed by atoms with E-state index in [1.807, 2.05) is 12.1 Å². The number of para-hydroxylation sites is 1. The molecule has 3 aromatic rings. The highest BCUT2D eigenvalue weighted by molar-refractivity contribution is 7.92. The van der Waals surface area contributed by atoms with Crippen LogP contribution in [-0.4, -0.2) is 42.3 Å². The summed E-state index contributed by atoms with van der Waals surface area (Å²) in [5, 5.41) is 19.1. The van der Waals surface area contributed by atoms with Gasteiger partial charge in [0.2, 0.25) is 0 Å². The van der Waals surface area contributed by atoms with Crippen molar-refractivity contribution in [3.05, 3.63) is 90.1 Å². The lowest BCUT2D eigenvalue weighted by molar-refractivity contribution is -0.136. The van der Waals surface area contributed by atoms with E-state index < -0.39 is 22.1 Å². The molecule has 0 aliphatic carbocycles. The number of aliphatic hydroxyl groups is 1. The van der Waals surface area contributed by atoms with E-state index in [-0.39, 0.29) is 23.7 Å². The van der Waals surface area contributed by atoms with Gasteiger partial charge in [-0.05, 0) is 48.4 Å². The van der Waals surface area contributed by atoms with E-state index in [2.05, 4.69) is 9.71 Å². The van der Waals surface area contributed by atoms with Gasteiger partial charge in [-0.3, -0.25) is 9.52 Å². The van der Waals surface area contributed by atoms with Crippen molar-refractivity contribution in [3.8, 4) is 5.75 Å². The van der Waals surface area contributed by atoms with Crippen LogP contribution < -0.4 is 9.46 Å². The summed E-state index contributed by atoms with van der Waals surface area (Å²) in [5.41, 5.74) is 1.28. The number of aromatic nitrogens is 1. The van der Waals surface area contributed by atoms with E-state index in [9.17, 15) is 18.3 Å². The first-order valence-corrected chi connectivity index (χ1v) is 12.2. The van der Waals surface area contributed by atoms with Gasteiger partial charge in [-0.15, -0.1) is 0 Å². The fourth-order valence-electron chi connectivity index (χ4n) is 3.09. The van der Waals surface area contributed by atoms with Gasteiger partial charge in [0.1, 0.15) is 11.6 Å². The van der Waals surface area contributed by atoms with E-state index in [0.717, 1.165) is 5.56 Å². The van der Waals surface area contributed by atoms with E-state index in [1.54, 1.807) is 60.7 Å². The monoisotopic (exact) mass is 482 g/mol. The lowest BCUT2D eigenvalue weighted by Gasteiger charge is -2.12. The summed E-state index contributed by atoms with van der Waals surface area (Å²) >= 11 is 0. The van der Waals surface area contributed by atoms with Crippen LogP contribution in [-0.2, 0) is 21.2 Å². The molecule has 0 aliphatic heterocycles. The van der Waals surface area contributed by atoms with Crippen molar-refractivity contribution in [3.63, 3.8) is 0 Å². The molecule has 0 spiro atoms. The number of carboxylic acids is 1. The van der Waals surface area contributed by atoms with Gasteiger partial charge in [-0.2, -0.15) is 0 Å². The number of pyridine rings is 1. The summed E-state index contributed by atoms with van der Waals surface area (Å²) in [6.07, 6.45) is 3.04. The Kier molecular flexibility index (Phi) is 8.78. The number of nitrogens with one attached hydrogen (secondary N) is 1. The SMILES string of the molecule is O=C(O)CCc1ccccc1OCC[C@@H](O)/C=C/c1cccc(NS(=O)(=O)c2ccccc2)n1. The van der Waals surface area contributed by atoms with E-state index in [0.29, 0.717) is 24.3 Å². The highest BCUT2D eigenvalue weighted by Gasteiger charge is 2.14. The summed E-state index contributed by atoms with van der Waals surface area (Å²) in [7, 11) is -3.75. The van der Waals surface area contributed by atoms with Crippen molar-refractivity contribution in [2.45, 2.75) is 30.3 Å². The summed E-state index contributed by atoms with van der Waals surface area (Å²) in [6, 6.07) is 20.1. The number of anilines is 1. The summed E-state index contributed by atoms with van der Waals surface area (Å²) in [6.45, 7) is 0.236. The second kappa shape index (κ2) is 12.0.